The third-order valence-electron chi connectivity index (χ3n) is 2.47. The highest BCUT2D eigenvalue weighted by Gasteiger charge is 2.18. The average Bonchev–Trinajstić information content (AvgIpc) is 2.35. The van der Waals surface area contributed by atoms with Crippen molar-refractivity contribution in [2.45, 2.75) is 12.8 Å². The number of hydrogen-bond donors (Lipinski definition) is 0. The van der Waals surface area contributed by atoms with Gasteiger partial charge in [-0.1, -0.05) is 0 Å². The van der Waals surface area contributed by atoms with E-state index >= 15 is 0 Å². The van der Waals surface area contributed by atoms with Gasteiger partial charge in [-0.25, -0.2) is 0 Å². The van der Waals surface area contributed by atoms with Gasteiger partial charge in [0.05, 0.1) is 0 Å². The molecule has 0 unspecified atom stereocenters. The summed E-state index contributed by atoms with van der Waals surface area (Å²) in [5, 5.41) is 0. The highest BCUT2D eigenvalue weighted by atomic mass is 79.9. The van der Waals surface area contributed by atoms with Crippen molar-refractivity contribution in [3.05, 3.63) is 22.2 Å². The van der Waals surface area contributed by atoms with Gasteiger partial charge in [0.25, 0.3) is 0 Å². The van der Waals surface area contributed by atoms with E-state index < -0.39 is 0 Å². The smallest absolute Gasteiger partial charge is 0.164 e. The number of Topliss-reactive ketones (excluding diaryl/α,β-unsaturated/α-hetero) is 1. The van der Waals surface area contributed by atoms with Gasteiger partial charge in [0.15, 0.2) is 17.3 Å². The summed E-state index contributed by atoms with van der Waals surface area (Å²) in [4.78, 5) is 11.9. The first-order valence-corrected chi connectivity index (χ1v) is 6.73. The molecule has 0 aliphatic carbocycles. The van der Waals surface area contributed by atoms with E-state index in [2.05, 4.69) is 15.9 Å². The van der Waals surface area contributed by atoms with Gasteiger partial charge in [-0.05, 0) is 34.5 Å². The van der Waals surface area contributed by atoms with Crippen LogP contribution in [0.5, 0.6) is 11.5 Å². The van der Waals surface area contributed by atoms with Crippen LogP contribution in [0.3, 0.4) is 0 Å². The van der Waals surface area contributed by atoms with E-state index in [1.165, 1.54) is 0 Å². The van der Waals surface area contributed by atoms with Crippen molar-refractivity contribution in [1.29, 1.82) is 0 Å². The van der Waals surface area contributed by atoms with Crippen LogP contribution >= 0.6 is 27.5 Å². The van der Waals surface area contributed by atoms with Crippen LogP contribution in [-0.4, -0.2) is 24.9 Å². The van der Waals surface area contributed by atoms with E-state index in [9.17, 15) is 4.79 Å². The number of alkyl halides is 1. The molecule has 1 aliphatic heterocycles. The number of rotatable bonds is 4. The van der Waals surface area contributed by atoms with Crippen molar-refractivity contribution in [2.24, 2.45) is 0 Å². The molecule has 2 rings (SSSR count). The molecule has 0 spiro atoms. The maximum absolute atomic E-state index is 11.9. The second kappa shape index (κ2) is 5.74. The third kappa shape index (κ3) is 2.93. The maximum Gasteiger partial charge on any atom is 0.164 e. The molecular formula is C12H12BrClO3. The summed E-state index contributed by atoms with van der Waals surface area (Å²) >= 11 is 8.96. The number of fused-ring (bicyclic) bond motifs is 1. The van der Waals surface area contributed by atoms with Gasteiger partial charge in [-0.2, -0.15) is 0 Å². The monoisotopic (exact) mass is 318 g/mol. The Hall–Kier alpha value is -0.740. The quantitative estimate of drug-likeness (QED) is 0.630. The fraction of sp³-hybridized carbons (Fsp3) is 0.417. The van der Waals surface area contributed by atoms with Gasteiger partial charge in [0.2, 0.25) is 0 Å². The molecule has 0 bridgehead atoms. The minimum Gasteiger partial charge on any atom is -0.486 e. The Morgan fingerprint density at radius 2 is 1.94 bits per heavy atom. The van der Waals surface area contributed by atoms with Crippen molar-refractivity contribution < 1.29 is 14.3 Å². The van der Waals surface area contributed by atoms with Crippen LogP contribution < -0.4 is 9.47 Å². The van der Waals surface area contributed by atoms with Crippen LogP contribution in [0.15, 0.2) is 16.6 Å². The molecule has 0 atom stereocenters. The van der Waals surface area contributed by atoms with E-state index in [0.29, 0.717) is 49.0 Å². The minimum atomic E-state index is 0.0644. The van der Waals surface area contributed by atoms with E-state index in [0.717, 1.165) is 4.47 Å². The molecule has 5 heteroatoms. The van der Waals surface area contributed by atoms with Crippen molar-refractivity contribution in [3.8, 4) is 11.5 Å². The Morgan fingerprint density at radius 3 is 2.59 bits per heavy atom. The number of halogens is 2. The molecule has 1 aromatic rings. The van der Waals surface area contributed by atoms with Crippen molar-refractivity contribution >= 4 is 33.3 Å². The molecule has 0 saturated carbocycles. The molecule has 0 saturated heterocycles. The Morgan fingerprint density at radius 1 is 1.29 bits per heavy atom. The van der Waals surface area contributed by atoms with Crippen LogP contribution in [-0.2, 0) is 0 Å². The lowest BCUT2D eigenvalue weighted by molar-refractivity contribution is 0.0980. The van der Waals surface area contributed by atoms with Crippen LogP contribution in [0.2, 0.25) is 0 Å². The molecule has 92 valence electrons. The second-order valence-corrected chi connectivity index (χ2v) is 4.92. The molecule has 0 aromatic heterocycles. The minimum absolute atomic E-state index is 0.0644. The normalized spacial score (nSPS) is 13.5. The highest BCUT2D eigenvalue weighted by Crippen LogP contribution is 2.36. The number of ether oxygens (including phenoxy) is 2. The van der Waals surface area contributed by atoms with Gasteiger partial charge >= 0.3 is 0 Å². The Labute approximate surface area is 113 Å². The van der Waals surface area contributed by atoms with E-state index in [1.807, 2.05) is 0 Å². The molecule has 0 amide bonds. The van der Waals surface area contributed by atoms with Crippen LogP contribution in [0.4, 0.5) is 0 Å². The lowest BCUT2D eigenvalue weighted by Gasteiger charge is -2.19. The topological polar surface area (TPSA) is 35.5 Å². The average molecular weight is 320 g/mol. The Kier molecular flexibility index (Phi) is 4.29. The molecule has 17 heavy (non-hydrogen) atoms. The zero-order chi connectivity index (χ0) is 12.3. The molecule has 1 aromatic carbocycles. The number of carbonyl (C=O) groups is 1. The van der Waals surface area contributed by atoms with E-state index in [4.69, 9.17) is 21.1 Å². The standard InChI is InChI=1S/C12H12BrClO3/c13-9-7-12-11(16-4-5-17-12)6-8(9)10(15)2-1-3-14/h6-7H,1-5H2. The predicted octanol–water partition coefficient (Wildman–Crippen LogP) is 3.42. The van der Waals surface area contributed by atoms with Gasteiger partial charge in [0, 0.05) is 22.3 Å². The van der Waals surface area contributed by atoms with Crippen LogP contribution in [0, 0.1) is 0 Å². The summed E-state index contributed by atoms with van der Waals surface area (Å²) in [6.07, 6.45) is 1.13. The SMILES string of the molecule is O=C(CCCCl)c1cc2c(cc1Br)OCCO2. The molecule has 0 radical (unpaired) electrons. The fourth-order valence-corrected chi connectivity index (χ4v) is 2.32. The van der Waals surface area contributed by atoms with Gasteiger partial charge in [0.1, 0.15) is 13.2 Å². The molecule has 3 nitrogen and oxygen atoms in total. The summed E-state index contributed by atoms with van der Waals surface area (Å²) in [6.45, 7) is 1.06. The van der Waals surface area contributed by atoms with Crippen LogP contribution in [0.1, 0.15) is 23.2 Å². The molecular weight excluding hydrogens is 307 g/mol. The molecule has 0 fully saturated rings. The van der Waals surface area contributed by atoms with E-state index in [1.54, 1.807) is 12.1 Å². The largest absolute Gasteiger partial charge is 0.486 e. The summed E-state index contributed by atoms with van der Waals surface area (Å²) in [5.74, 6) is 1.87. The fourth-order valence-electron chi connectivity index (χ4n) is 1.64. The summed E-state index contributed by atoms with van der Waals surface area (Å²) < 4.78 is 11.6. The number of carbonyl (C=O) groups excluding carboxylic acids is 1. The van der Waals surface area contributed by atoms with Crippen molar-refractivity contribution in [3.63, 3.8) is 0 Å². The first kappa shape index (κ1) is 12.7. The van der Waals surface area contributed by atoms with Gasteiger partial charge < -0.3 is 9.47 Å². The van der Waals surface area contributed by atoms with Crippen LogP contribution in [0.25, 0.3) is 0 Å². The molecule has 1 aliphatic rings. The Balaban J connectivity index is 2.25. The summed E-state index contributed by atoms with van der Waals surface area (Å²) in [7, 11) is 0. The number of ketones is 1. The third-order valence-corrected chi connectivity index (χ3v) is 3.39. The van der Waals surface area contributed by atoms with Gasteiger partial charge in [-0.3, -0.25) is 4.79 Å². The van der Waals surface area contributed by atoms with Gasteiger partial charge in [-0.15, -0.1) is 11.6 Å². The van der Waals surface area contributed by atoms with E-state index in [-0.39, 0.29) is 5.78 Å². The maximum atomic E-state index is 11.9. The predicted molar refractivity (Wildman–Crippen MR) is 69.4 cm³/mol. The highest BCUT2D eigenvalue weighted by molar-refractivity contribution is 9.10. The van der Waals surface area contributed by atoms with Crippen molar-refractivity contribution in [1.82, 2.24) is 0 Å². The lowest BCUT2D eigenvalue weighted by atomic mass is 10.1. The second-order valence-electron chi connectivity index (χ2n) is 3.69. The Bertz CT molecular complexity index is 434. The van der Waals surface area contributed by atoms with Crippen molar-refractivity contribution in [2.75, 3.05) is 19.1 Å². The first-order chi connectivity index (χ1) is 8.22. The lowest BCUT2D eigenvalue weighted by Crippen LogP contribution is -2.16. The number of benzene rings is 1. The summed E-state index contributed by atoms with van der Waals surface area (Å²) in [5.41, 5.74) is 0.624. The molecule has 1 heterocycles. The first-order valence-electron chi connectivity index (χ1n) is 5.40. The zero-order valence-corrected chi connectivity index (χ0v) is 11.5. The summed E-state index contributed by atoms with van der Waals surface area (Å²) in [6, 6.07) is 3.51. The molecule has 0 N–H and O–H groups in total. The number of hydrogen-bond acceptors (Lipinski definition) is 3. The zero-order valence-electron chi connectivity index (χ0n) is 9.17.